The van der Waals surface area contributed by atoms with Crippen LogP contribution in [-0.4, -0.2) is 70.6 Å². The number of hydrogen-bond acceptors (Lipinski definition) is 7. The van der Waals surface area contributed by atoms with Crippen LogP contribution in [0.4, 0.5) is 11.4 Å². The van der Waals surface area contributed by atoms with Gasteiger partial charge in [0.1, 0.15) is 17.5 Å². The van der Waals surface area contributed by atoms with Crippen LogP contribution in [0.1, 0.15) is 45.4 Å². The fourth-order valence-corrected chi connectivity index (χ4v) is 8.87. The average Bonchev–Trinajstić information content (AvgIpc) is 3.62. The fraction of sp³-hybridized carbons (Fsp3) is 0.516. The largest absolute Gasteiger partial charge is 0.497 e. The van der Waals surface area contributed by atoms with E-state index >= 15 is 0 Å². The topological polar surface area (TPSA) is 117 Å². The van der Waals surface area contributed by atoms with Gasteiger partial charge in [-0.2, -0.15) is 0 Å². The van der Waals surface area contributed by atoms with Crippen molar-refractivity contribution in [1.29, 1.82) is 0 Å². The van der Waals surface area contributed by atoms with Gasteiger partial charge >= 0.3 is 0 Å². The van der Waals surface area contributed by atoms with Gasteiger partial charge in [-0.15, -0.1) is 11.8 Å². The Morgan fingerprint density at radius 2 is 1.61 bits per heavy atom. The minimum Gasteiger partial charge on any atom is -0.497 e. The molecule has 0 aliphatic carbocycles. The lowest BCUT2D eigenvalue weighted by molar-refractivity contribution is -0.138. The van der Waals surface area contributed by atoms with Crippen LogP contribution in [0, 0.1) is 11.8 Å². The highest BCUT2D eigenvalue weighted by molar-refractivity contribution is 8.02. The average molecular weight is 582 g/mol. The summed E-state index contributed by atoms with van der Waals surface area (Å²) in [6, 6.07) is 13.7. The summed E-state index contributed by atoms with van der Waals surface area (Å²) in [6.45, 7) is 3.06. The van der Waals surface area contributed by atoms with Gasteiger partial charge in [-0.25, -0.2) is 0 Å². The number of unbranched alkanes of at least 4 members (excludes halogenated alkanes) is 3. The number of aliphatic hydroxyl groups is 1. The number of rotatable bonds is 13. The summed E-state index contributed by atoms with van der Waals surface area (Å²) in [5.74, 6) is -0.155. The molecular weight excluding hydrogens is 542 g/mol. The second-order valence-corrected chi connectivity index (χ2v) is 12.5. The molecule has 10 heteroatoms. The van der Waals surface area contributed by atoms with Crippen molar-refractivity contribution in [2.24, 2.45) is 11.8 Å². The highest BCUT2D eigenvalue weighted by atomic mass is 32.2. The summed E-state index contributed by atoms with van der Waals surface area (Å²) in [6.07, 6.45) is 4.66. The van der Waals surface area contributed by atoms with Gasteiger partial charge in [-0.05, 0) is 81.1 Å². The molecule has 3 heterocycles. The Hall–Kier alpha value is -3.24. The molecule has 0 saturated carbocycles. The van der Waals surface area contributed by atoms with Gasteiger partial charge < -0.3 is 30.1 Å². The Bertz CT molecular complexity index is 1240. The molecule has 3 N–H and O–H groups in total. The SMILES string of the molecule is CCOc1ccc(NC(=O)[C@@H]2[C@H]3C(=O)N(CCCCCCO)C(C(=O)Nc4ccc(OC)cc4)C34CC[C@H]2S4)cc1. The fourth-order valence-electron chi connectivity index (χ4n) is 6.65. The van der Waals surface area contributed by atoms with Crippen molar-refractivity contribution in [3.05, 3.63) is 48.5 Å². The molecule has 2 unspecified atom stereocenters. The number of amides is 3. The highest BCUT2D eigenvalue weighted by Crippen LogP contribution is 2.66. The van der Waals surface area contributed by atoms with E-state index in [1.54, 1.807) is 60.2 Å². The molecule has 41 heavy (non-hydrogen) atoms. The van der Waals surface area contributed by atoms with Gasteiger partial charge in [-0.1, -0.05) is 12.8 Å². The van der Waals surface area contributed by atoms with E-state index in [4.69, 9.17) is 14.6 Å². The minimum atomic E-state index is -0.668. The van der Waals surface area contributed by atoms with E-state index in [2.05, 4.69) is 10.6 Å². The van der Waals surface area contributed by atoms with E-state index in [1.165, 1.54) is 0 Å². The van der Waals surface area contributed by atoms with Crippen molar-refractivity contribution in [3.8, 4) is 11.5 Å². The number of carbonyl (C=O) groups is 3. The minimum absolute atomic E-state index is 0.0189. The highest BCUT2D eigenvalue weighted by Gasteiger charge is 2.73. The van der Waals surface area contributed by atoms with E-state index < -0.39 is 22.6 Å². The summed E-state index contributed by atoms with van der Waals surface area (Å²) in [4.78, 5) is 43.5. The van der Waals surface area contributed by atoms with Gasteiger partial charge in [0.2, 0.25) is 17.7 Å². The monoisotopic (exact) mass is 581 g/mol. The molecule has 3 aliphatic rings. The Morgan fingerprint density at radius 1 is 0.976 bits per heavy atom. The Balaban J connectivity index is 1.38. The van der Waals surface area contributed by atoms with Crippen LogP contribution < -0.4 is 20.1 Å². The third kappa shape index (κ3) is 5.77. The van der Waals surface area contributed by atoms with Crippen LogP contribution in [-0.2, 0) is 14.4 Å². The first kappa shape index (κ1) is 29.3. The van der Waals surface area contributed by atoms with Crippen molar-refractivity contribution in [1.82, 2.24) is 4.90 Å². The van der Waals surface area contributed by atoms with Crippen LogP contribution in [0.25, 0.3) is 0 Å². The zero-order valence-corrected chi connectivity index (χ0v) is 24.5. The number of fused-ring (bicyclic) bond motifs is 1. The number of nitrogens with zero attached hydrogens (tertiary/aromatic N) is 1. The number of thioether (sulfide) groups is 1. The number of anilines is 2. The number of nitrogens with one attached hydrogen (secondary N) is 2. The van der Waals surface area contributed by atoms with Crippen molar-refractivity contribution < 1.29 is 29.0 Å². The Morgan fingerprint density at radius 3 is 2.24 bits per heavy atom. The third-order valence-electron chi connectivity index (χ3n) is 8.45. The normalized spacial score (nSPS) is 26.1. The molecule has 3 saturated heterocycles. The zero-order valence-electron chi connectivity index (χ0n) is 23.6. The van der Waals surface area contributed by atoms with E-state index in [-0.39, 0.29) is 29.6 Å². The summed E-state index contributed by atoms with van der Waals surface area (Å²) in [7, 11) is 1.59. The van der Waals surface area contributed by atoms with Crippen LogP contribution in [0.2, 0.25) is 0 Å². The smallest absolute Gasteiger partial charge is 0.248 e. The van der Waals surface area contributed by atoms with Crippen molar-refractivity contribution in [2.45, 2.75) is 61.5 Å². The molecule has 3 fully saturated rings. The van der Waals surface area contributed by atoms with Crippen molar-refractivity contribution in [3.63, 3.8) is 0 Å². The molecule has 2 aromatic carbocycles. The van der Waals surface area contributed by atoms with Crippen LogP contribution >= 0.6 is 11.8 Å². The van der Waals surface area contributed by atoms with Gasteiger partial charge in [0, 0.05) is 29.8 Å². The summed E-state index contributed by atoms with van der Waals surface area (Å²) in [5, 5.41) is 15.2. The van der Waals surface area contributed by atoms with Gasteiger partial charge in [-0.3, -0.25) is 14.4 Å². The molecule has 5 atom stereocenters. The van der Waals surface area contributed by atoms with E-state index in [1.807, 2.05) is 19.1 Å². The first-order valence-electron chi connectivity index (χ1n) is 14.5. The van der Waals surface area contributed by atoms with Crippen LogP contribution in [0.5, 0.6) is 11.5 Å². The molecule has 3 amide bonds. The maximum atomic E-state index is 14.1. The molecule has 5 rings (SSSR count). The third-order valence-corrected chi connectivity index (χ3v) is 10.4. The Kier molecular flexibility index (Phi) is 9.09. The molecule has 220 valence electrons. The standard InChI is InChI=1S/C31H39N3O6S/c1-3-40-23-14-10-20(11-15-23)32-28(36)25-24-16-17-31(41-24)26(25)30(38)34(18-6-4-5-7-19-35)27(31)29(37)33-21-8-12-22(39-2)13-9-21/h8-15,24-27,35H,3-7,16-19H2,1-2H3,(H,32,36)(H,33,37)/t24-,25+,26+,27?,31?/m1/s1. The summed E-state index contributed by atoms with van der Waals surface area (Å²) >= 11 is 1.66. The predicted octanol–water partition coefficient (Wildman–Crippen LogP) is 4.32. The second kappa shape index (κ2) is 12.7. The van der Waals surface area contributed by atoms with E-state index in [0.29, 0.717) is 43.1 Å². The molecule has 2 bridgehead atoms. The molecule has 0 radical (unpaired) electrons. The van der Waals surface area contributed by atoms with Crippen LogP contribution in [0.3, 0.4) is 0 Å². The Labute approximate surface area is 245 Å². The quantitative estimate of drug-likeness (QED) is 0.302. The maximum Gasteiger partial charge on any atom is 0.248 e. The zero-order chi connectivity index (χ0) is 29.0. The first-order valence-corrected chi connectivity index (χ1v) is 15.4. The summed E-state index contributed by atoms with van der Waals surface area (Å²) in [5.41, 5.74) is 1.29. The van der Waals surface area contributed by atoms with Gasteiger partial charge in [0.25, 0.3) is 0 Å². The van der Waals surface area contributed by atoms with Crippen molar-refractivity contribution >= 4 is 40.9 Å². The molecular formula is C31H39N3O6S. The van der Waals surface area contributed by atoms with Gasteiger partial charge in [0.15, 0.2) is 0 Å². The molecule has 2 aromatic rings. The number of carbonyl (C=O) groups excluding carboxylic acids is 3. The number of benzene rings is 2. The van der Waals surface area contributed by atoms with E-state index in [9.17, 15) is 14.4 Å². The maximum absolute atomic E-state index is 14.1. The second-order valence-electron chi connectivity index (χ2n) is 10.9. The predicted molar refractivity (Wildman–Crippen MR) is 159 cm³/mol. The lowest BCUT2D eigenvalue weighted by Gasteiger charge is -2.34. The van der Waals surface area contributed by atoms with Crippen molar-refractivity contribution in [2.75, 3.05) is 37.5 Å². The van der Waals surface area contributed by atoms with Gasteiger partial charge in [0.05, 0.1) is 30.3 Å². The molecule has 3 aliphatic heterocycles. The van der Waals surface area contributed by atoms with Crippen LogP contribution in [0.15, 0.2) is 48.5 Å². The number of hydrogen-bond donors (Lipinski definition) is 3. The molecule has 0 aromatic heterocycles. The number of aliphatic hydroxyl groups excluding tert-OH is 1. The molecule has 1 spiro atoms. The number of ether oxygens (including phenoxy) is 2. The van der Waals surface area contributed by atoms with E-state index in [0.717, 1.165) is 31.4 Å². The summed E-state index contributed by atoms with van der Waals surface area (Å²) < 4.78 is 10.1. The lowest BCUT2D eigenvalue weighted by atomic mass is 9.70. The molecule has 9 nitrogen and oxygen atoms in total. The lowest BCUT2D eigenvalue weighted by Crippen LogP contribution is -2.51. The number of likely N-dealkylation sites (tertiary alicyclic amines) is 1. The first-order chi connectivity index (χ1) is 19.9. The number of methoxy groups -OCH3 is 1.